The second kappa shape index (κ2) is 8.18. The van der Waals surface area contributed by atoms with Crippen molar-refractivity contribution in [3.63, 3.8) is 0 Å². The van der Waals surface area contributed by atoms with Crippen molar-refractivity contribution in [1.82, 2.24) is 9.78 Å². The van der Waals surface area contributed by atoms with Crippen LogP contribution in [0.25, 0.3) is 5.69 Å². The van der Waals surface area contributed by atoms with Crippen molar-refractivity contribution in [1.29, 1.82) is 0 Å². The number of rotatable bonds is 7. The van der Waals surface area contributed by atoms with Crippen LogP contribution < -0.4 is 9.47 Å². The molecule has 0 unspecified atom stereocenters. The van der Waals surface area contributed by atoms with Gasteiger partial charge in [-0.3, -0.25) is 4.79 Å². The predicted octanol–water partition coefficient (Wildman–Crippen LogP) is 2.93. The standard InChI is InChI=1S/C20H18N2O5/c1-25-18-9-8-14(10-19(18)26-2)17(23)13-27-20(24)15-11-21-22(12-15)16-6-4-3-5-7-16/h3-12H,13H2,1-2H3. The zero-order chi connectivity index (χ0) is 19.2. The lowest BCUT2D eigenvalue weighted by molar-refractivity contribution is 0.0474. The van der Waals surface area contributed by atoms with Gasteiger partial charge in [0, 0.05) is 11.8 Å². The van der Waals surface area contributed by atoms with Crippen molar-refractivity contribution in [3.05, 3.63) is 72.1 Å². The van der Waals surface area contributed by atoms with Crippen LogP contribution in [-0.2, 0) is 4.74 Å². The van der Waals surface area contributed by atoms with Crippen LogP contribution in [0.1, 0.15) is 20.7 Å². The Morgan fingerprint density at radius 1 is 0.963 bits per heavy atom. The largest absolute Gasteiger partial charge is 0.493 e. The fourth-order valence-corrected chi connectivity index (χ4v) is 2.46. The molecule has 0 saturated carbocycles. The summed E-state index contributed by atoms with van der Waals surface area (Å²) in [6.07, 6.45) is 2.95. The molecule has 0 aliphatic carbocycles. The zero-order valence-corrected chi connectivity index (χ0v) is 14.9. The van der Waals surface area contributed by atoms with Crippen LogP contribution in [0, 0.1) is 0 Å². The molecular formula is C20H18N2O5. The summed E-state index contributed by atoms with van der Waals surface area (Å²) in [5, 5.41) is 4.14. The summed E-state index contributed by atoms with van der Waals surface area (Å²) in [4.78, 5) is 24.5. The third-order valence-corrected chi connectivity index (χ3v) is 3.88. The molecule has 0 radical (unpaired) electrons. The third kappa shape index (κ3) is 4.14. The van der Waals surface area contributed by atoms with E-state index >= 15 is 0 Å². The van der Waals surface area contributed by atoms with Crippen LogP contribution in [-0.4, -0.2) is 42.4 Å². The van der Waals surface area contributed by atoms with Crippen molar-refractivity contribution in [2.24, 2.45) is 0 Å². The Balaban J connectivity index is 1.64. The van der Waals surface area contributed by atoms with Crippen LogP contribution in [0.4, 0.5) is 0 Å². The number of ether oxygens (including phenoxy) is 3. The summed E-state index contributed by atoms with van der Waals surface area (Å²) >= 11 is 0. The maximum atomic E-state index is 12.3. The molecule has 2 aromatic carbocycles. The van der Waals surface area contributed by atoms with Crippen LogP contribution >= 0.6 is 0 Å². The predicted molar refractivity (Wildman–Crippen MR) is 97.7 cm³/mol. The highest BCUT2D eigenvalue weighted by atomic mass is 16.5. The Hall–Kier alpha value is -3.61. The maximum absolute atomic E-state index is 12.3. The molecule has 0 spiro atoms. The highest BCUT2D eigenvalue weighted by Gasteiger charge is 2.15. The molecule has 3 rings (SSSR count). The van der Waals surface area contributed by atoms with Crippen LogP contribution in [0.5, 0.6) is 11.5 Å². The van der Waals surface area contributed by atoms with E-state index in [-0.39, 0.29) is 18.0 Å². The van der Waals surface area contributed by atoms with Crippen molar-refractivity contribution in [3.8, 4) is 17.2 Å². The average Bonchev–Trinajstić information content (AvgIpc) is 3.22. The van der Waals surface area contributed by atoms with Gasteiger partial charge in [0.05, 0.1) is 31.7 Å². The number of carbonyl (C=O) groups is 2. The lowest BCUT2D eigenvalue weighted by Crippen LogP contribution is -2.14. The van der Waals surface area contributed by atoms with Gasteiger partial charge in [-0.2, -0.15) is 5.10 Å². The number of esters is 1. The number of Topliss-reactive ketones (excluding diaryl/α,β-unsaturated/α-hetero) is 1. The fourth-order valence-electron chi connectivity index (χ4n) is 2.46. The van der Waals surface area contributed by atoms with Gasteiger partial charge in [-0.15, -0.1) is 0 Å². The molecule has 0 saturated heterocycles. The number of hydrogen-bond acceptors (Lipinski definition) is 6. The van der Waals surface area contributed by atoms with Crippen molar-refractivity contribution >= 4 is 11.8 Å². The molecular weight excluding hydrogens is 348 g/mol. The Morgan fingerprint density at radius 2 is 1.70 bits per heavy atom. The Bertz CT molecular complexity index is 950. The van der Waals surface area contributed by atoms with E-state index < -0.39 is 5.97 Å². The minimum Gasteiger partial charge on any atom is -0.493 e. The molecule has 7 nitrogen and oxygen atoms in total. The fraction of sp³-hybridized carbons (Fsp3) is 0.150. The number of methoxy groups -OCH3 is 2. The summed E-state index contributed by atoms with van der Waals surface area (Å²) in [6, 6.07) is 14.1. The van der Waals surface area contributed by atoms with Gasteiger partial charge in [-0.05, 0) is 30.3 Å². The highest BCUT2D eigenvalue weighted by Crippen LogP contribution is 2.27. The van der Waals surface area contributed by atoms with Crippen molar-refractivity contribution < 1.29 is 23.8 Å². The van der Waals surface area contributed by atoms with E-state index in [9.17, 15) is 9.59 Å². The first-order valence-corrected chi connectivity index (χ1v) is 8.15. The first-order chi connectivity index (χ1) is 13.1. The van der Waals surface area contributed by atoms with E-state index in [0.717, 1.165) is 5.69 Å². The average molecular weight is 366 g/mol. The van der Waals surface area contributed by atoms with E-state index in [0.29, 0.717) is 17.1 Å². The third-order valence-electron chi connectivity index (χ3n) is 3.88. The first-order valence-electron chi connectivity index (χ1n) is 8.15. The summed E-state index contributed by atoms with van der Waals surface area (Å²) in [5.41, 5.74) is 1.44. The summed E-state index contributed by atoms with van der Waals surface area (Å²) < 4.78 is 17.0. The van der Waals surface area contributed by atoms with E-state index in [2.05, 4.69) is 5.10 Å². The second-order valence-electron chi connectivity index (χ2n) is 5.58. The number of benzene rings is 2. The van der Waals surface area contributed by atoms with Gasteiger partial charge in [0.15, 0.2) is 23.9 Å². The Morgan fingerprint density at radius 3 is 2.41 bits per heavy atom. The molecule has 0 amide bonds. The summed E-state index contributed by atoms with van der Waals surface area (Å²) in [5.74, 6) is -0.0241. The molecule has 0 atom stereocenters. The van der Waals surface area contributed by atoms with Gasteiger partial charge in [-0.25, -0.2) is 9.48 Å². The second-order valence-corrected chi connectivity index (χ2v) is 5.58. The summed E-state index contributed by atoms with van der Waals surface area (Å²) in [7, 11) is 2.99. The molecule has 7 heteroatoms. The van der Waals surface area contributed by atoms with E-state index in [1.54, 1.807) is 29.1 Å². The molecule has 0 N–H and O–H groups in total. The number of nitrogens with zero attached hydrogens (tertiary/aromatic N) is 2. The number of para-hydroxylation sites is 1. The summed E-state index contributed by atoms with van der Waals surface area (Å²) in [6.45, 7) is -0.384. The van der Waals surface area contributed by atoms with Gasteiger partial charge in [-0.1, -0.05) is 18.2 Å². The first kappa shape index (κ1) is 18.2. The minimum atomic E-state index is -0.619. The van der Waals surface area contributed by atoms with Crippen LogP contribution in [0.15, 0.2) is 60.9 Å². The highest BCUT2D eigenvalue weighted by molar-refractivity contribution is 5.99. The molecule has 0 aliphatic heterocycles. The maximum Gasteiger partial charge on any atom is 0.341 e. The molecule has 1 aromatic heterocycles. The molecule has 1 heterocycles. The molecule has 138 valence electrons. The van der Waals surface area contributed by atoms with E-state index in [1.165, 1.54) is 20.4 Å². The molecule has 0 fully saturated rings. The SMILES string of the molecule is COc1ccc(C(=O)COC(=O)c2cnn(-c3ccccc3)c2)cc1OC. The van der Waals surface area contributed by atoms with Gasteiger partial charge < -0.3 is 14.2 Å². The lowest BCUT2D eigenvalue weighted by Gasteiger charge is -2.09. The topological polar surface area (TPSA) is 79.7 Å². The number of aromatic nitrogens is 2. The van der Waals surface area contributed by atoms with Crippen LogP contribution in [0.3, 0.4) is 0 Å². The smallest absolute Gasteiger partial charge is 0.341 e. The van der Waals surface area contributed by atoms with Gasteiger partial charge in [0.2, 0.25) is 0 Å². The van der Waals surface area contributed by atoms with Gasteiger partial charge in [0.25, 0.3) is 0 Å². The van der Waals surface area contributed by atoms with E-state index in [4.69, 9.17) is 14.2 Å². The Kier molecular flexibility index (Phi) is 5.51. The van der Waals surface area contributed by atoms with Crippen LogP contribution in [0.2, 0.25) is 0 Å². The normalized spacial score (nSPS) is 10.3. The van der Waals surface area contributed by atoms with Gasteiger partial charge >= 0.3 is 5.97 Å². The van der Waals surface area contributed by atoms with Crippen molar-refractivity contribution in [2.75, 3.05) is 20.8 Å². The number of hydrogen-bond donors (Lipinski definition) is 0. The monoisotopic (exact) mass is 366 g/mol. The number of carbonyl (C=O) groups excluding carboxylic acids is 2. The molecule has 3 aromatic rings. The molecule has 0 aliphatic rings. The molecule has 0 bridgehead atoms. The quantitative estimate of drug-likeness (QED) is 0.472. The number of ketones is 1. The van der Waals surface area contributed by atoms with E-state index in [1.807, 2.05) is 30.3 Å². The minimum absolute atomic E-state index is 0.263. The zero-order valence-electron chi connectivity index (χ0n) is 14.9. The lowest BCUT2D eigenvalue weighted by atomic mass is 10.1. The molecule has 27 heavy (non-hydrogen) atoms. The van der Waals surface area contributed by atoms with Gasteiger partial charge in [0.1, 0.15) is 0 Å². The Labute approximate surface area is 156 Å². The van der Waals surface area contributed by atoms with Crippen molar-refractivity contribution in [2.45, 2.75) is 0 Å².